The number of ether oxygens (including phenoxy) is 1. The number of nitrogens with zero attached hydrogens (tertiary/aromatic N) is 3. The van der Waals surface area contributed by atoms with E-state index in [4.69, 9.17) is 16.3 Å². The summed E-state index contributed by atoms with van der Waals surface area (Å²) in [5.41, 5.74) is 0. The highest BCUT2D eigenvalue weighted by Crippen LogP contribution is 2.32. The molecule has 1 atom stereocenters. The second-order valence-corrected chi connectivity index (χ2v) is 6.15. The molecule has 0 radical (unpaired) electrons. The van der Waals surface area contributed by atoms with Crippen molar-refractivity contribution in [1.82, 2.24) is 9.88 Å². The molecular weight excluding hydrogens is 286 g/mol. The third-order valence-corrected chi connectivity index (χ3v) is 4.82. The lowest BCUT2D eigenvalue weighted by Crippen LogP contribution is -2.45. The van der Waals surface area contributed by atoms with Gasteiger partial charge in [0.15, 0.2) is 15.2 Å². The van der Waals surface area contributed by atoms with Crippen molar-refractivity contribution in [3.05, 3.63) is 10.0 Å². The van der Waals surface area contributed by atoms with Crippen molar-refractivity contribution in [2.24, 2.45) is 0 Å². The SMILES string of the molecule is COC(=O)c1sc(N2CCCC(N(C)C)C2)nc1Cl. The average Bonchev–Trinajstić information content (AvgIpc) is 2.80. The van der Waals surface area contributed by atoms with Crippen LogP contribution in [0, 0.1) is 0 Å². The van der Waals surface area contributed by atoms with Gasteiger partial charge >= 0.3 is 5.97 Å². The Morgan fingerprint density at radius 1 is 1.58 bits per heavy atom. The fourth-order valence-corrected chi connectivity index (χ4v) is 3.43. The van der Waals surface area contributed by atoms with E-state index in [0.29, 0.717) is 10.9 Å². The summed E-state index contributed by atoms with van der Waals surface area (Å²) < 4.78 is 4.70. The molecule has 1 aromatic heterocycles. The highest BCUT2D eigenvalue weighted by atomic mass is 35.5. The third kappa shape index (κ3) is 3.19. The van der Waals surface area contributed by atoms with Crippen LogP contribution in [0.3, 0.4) is 0 Å². The average molecular weight is 304 g/mol. The van der Waals surface area contributed by atoms with E-state index in [0.717, 1.165) is 24.6 Å². The maximum atomic E-state index is 11.5. The number of carbonyl (C=O) groups excluding carboxylic acids is 1. The number of aromatic nitrogens is 1. The summed E-state index contributed by atoms with van der Waals surface area (Å²) in [4.78, 5) is 20.6. The molecule has 1 fully saturated rings. The Bertz CT molecular complexity index is 464. The van der Waals surface area contributed by atoms with Crippen LogP contribution in [-0.4, -0.2) is 56.2 Å². The van der Waals surface area contributed by atoms with E-state index in [1.807, 2.05) is 0 Å². The summed E-state index contributed by atoms with van der Waals surface area (Å²) in [5, 5.41) is 1.04. The number of piperidine rings is 1. The Morgan fingerprint density at radius 2 is 2.32 bits per heavy atom. The predicted molar refractivity (Wildman–Crippen MR) is 77.4 cm³/mol. The molecule has 0 bridgehead atoms. The molecule has 7 heteroatoms. The van der Waals surface area contributed by atoms with Gasteiger partial charge in [-0.15, -0.1) is 0 Å². The van der Waals surface area contributed by atoms with Crippen LogP contribution in [0.4, 0.5) is 5.13 Å². The molecule has 2 rings (SSSR count). The monoisotopic (exact) mass is 303 g/mol. The van der Waals surface area contributed by atoms with Crippen LogP contribution >= 0.6 is 22.9 Å². The zero-order valence-electron chi connectivity index (χ0n) is 11.4. The Hall–Kier alpha value is -0.850. The van der Waals surface area contributed by atoms with Gasteiger partial charge < -0.3 is 14.5 Å². The van der Waals surface area contributed by atoms with Crippen molar-refractivity contribution in [3.63, 3.8) is 0 Å². The summed E-state index contributed by atoms with van der Waals surface area (Å²) in [6.45, 7) is 1.87. The van der Waals surface area contributed by atoms with E-state index >= 15 is 0 Å². The standard InChI is InChI=1S/C12H18ClN3O2S/c1-15(2)8-5-4-6-16(7-8)12-14-10(13)9(19-12)11(17)18-3/h8H,4-7H2,1-3H3. The Morgan fingerprint density at radius 3 is 2.95 bits per heavy atom. The summed E-state index contributed by atoms with van der Waals surface area (Å²) in [6.07, 6.45) is 2.31. The number of anilines is 1. The number of likely N-dealkylation sites (N-methyl/N-ethyl adjacent to an activating group) is 1. The van der Waals surface area contributed by atoms with Gasteiger partial charge in [0.25, 0.3) is 0 Å². The summed E-state index contributed by atoms with van der Waals surface area (Å²) >= 11 is 7.30. The molecule has 0 saturated carbocycles. The Labute approximate surface area is 122 Å². The summed E-state index contributed by atoms with van der Waals surface area (Å²) in [6, 6.07) is 0.512. The lowest BCUT2D eigenvalue weighted by molar-refractivity contribution is 0.0606. The second-order valence-electron chi connectivity index (χ2n) is 4.81. The molecule has 1 aromatic rings. The first-order valence-electron chi connectivity index (χ1n) is 6.19. The molecule has 1 unspecified atom stereocenters. The van der Waals surface area contributed by atoms with Gasteiger partial charge in [-0.25, -0.2) is 9.78 Å². The third-order valence-electron chi connectivity index (χ3n) is 3.34. The van der Waals surface area contributed by atoms with Gasteiger partial charge in [0, 0.05) is 19.1 Å². The summed E-state index contributed by atoms with van der Waals surface area (Å²) in [7, 11) is 5.52. The molecule has 0 aliphatic carbocycles. The number of methoxy groups -OCH3 is 1. The predicted octanol–water partition coefficient (Wildman–Crippen LogP) is 2.11. The second kappa shape index (κ2) is 6.07. The van der Waals surface area contributed by atoms with Crippen molar-refractivity contribution >= 4 is 34.0 Å². The topological polar surface area (TPSA) is 45.7 Å². The van der Waals surface area contributed by atoms with Gasteiger partial charge in [-0.1, -0.05) is 22.9 Å². The molecule has 1 saturated heterocycles. The minimum absolute atomic E-state index is 0.235. The molecule has 106 valence electrons. The summed E-state index contributed by atoms with van der Waals surface area (Å²) in [5.74, 6) is -0.421. The number of hydrogen-bond donors (Lipinski definition) is 0. The molecule has 2 heterocycles. The minimum atomic E-state index is -0.421. The van der Waals surface area contributed by atoms with E-state index in [9.17, 15) is 4.79 Å². The number of rotatable bonds is 3. The number of hydrogen-bond acceptors (Lipinski definition) is 6. The van der Waals surface area contributed by atoms with Crippen LogP contribution in [-0.2, 0) is 4.74 Å². The van der Waals surface area contributed by atoms with Gasteiger partial charge in [0.2, 0.25) is 0 Å². The maximum Gasteiger partial charge on any atom is 0.351 e. The van der Waals surface area contributed by atoms with Crippen LogP contribution in [0.2, 0.25) is 5.15 Å². The van der Waals surface area contributed by atoms with Crippen molar-refractivity contribution < 1.29 is 9.53 Å². The van der Waals surface area contributed by atoms with Gasteiger partial charge in [-0.05, 0) is 26.9 Å². The van der Waals surface area contributed by atoms with E-state index in [1.54, 1.807) is 0 Å². The van der Waals surface area contributed by atoms with Crippen LogP contribution in [0.15, 0.2) is 0 Å². The number of carbonyl (C=O) groups is 1. The fraction of sp³-hybridized carbons (Fsp3) is 0.667. The highest BCUT2D eigenvalue weighted by molar-refractivity contribution is 7.18. The maximum absolute atomic E-state index is 11.5. The normalized spacial score (nSPS) is 19.8. The van der Waals surface area contributed by atoms with Crippen molar-refractivity contribution in [2.45, 2.75) is 18.9 Å². The molecule has 0 aromatic carbocycles. The molecule has 0 amide bonds. The molecule has 0 spiro atoms. The minimum Gasteiger partial charge on any atom is -0.465 e. The van der Waals surface area contributed by atoms with Crippen molar-refractivity contribution in [3.8, 4) is 0 Å². The van der Waals surface area contributed by atoms with Crippen LogP contribution in [0.25, 0.3) is 0 Å². The number of thiazole rings is 1. The molecule has 5 nitrogen and oxygen atoms in total. The van der Waals surface area contributed by atoms with Crippen molar-refractivity contribution in [1.29, 1.82) is 0 Å². The van der Waals surface area contributed by atoms with Crippen LogP contribution < -0.4 is 4.90 Å². The van der Waals surface area contributed by atoms with Gasteiger partial charge in [0.05, 0.1) is 7.11 Å². The molecule has 0 N–H and O–H groups in total. The van der Waals surface area contributed by atoms with Gasteiger partial charge in [-0.3, -0.25) is 0 Å². The van der Waals surface area contributed by atoms with Gasteiger partial charge in [0.1, 0.15) is 0 Å². The van der Waals surface area contributed by atoms with Gasteiger partial charge in [-0.2, -0.15) is 0 Å². The van der Waals surface area contributed by atoms with E-state index in [2.05, 4.69) is 28.9 Å². The first-order chi connectivity index (χ1) is 9.02. The van der Waals surface area contributed by atoms with E-state index < -0.39 is 5.97 Å². The molecular formula is C12H18ClN3O2S. The quantitative estimate of drug-likeness (QED) is 0.800. The van der Waals surface area contributed by atoms with E-state index in [1.165, 1.54) is 24.9 Å². The number of esters is 1. The molecule has 1 aliphatic heterocycles. The largest absolute Gasteiger partial charge is 0.465 e. The zero-order valence-corrected chi connectivity index (χ0v) is 12.9. The first-order valence-corrected chi connectivity index (χ1v) is 7.38. The smallest absolute Gasteiger partial charge is 0.351 e. The Balaban J connectivity index is 2.15. The van der Waals surface area contributed by atoms with Crippen molar-refractivity contribution in [2.75, 3.05) is 39.2 Å². The lowest BCUT2D eigenvalue weighted by atomic mass is 10.1. The van der Waals surface area contributed by atoms with E-state index in [-0.39, 0.29) is 5.15 Å². The van der Waals surface area contributed by atoms with Crippen LogP contribution in [0.1, 0.15) is 22.5 Å². The molecule has 1 aliphatic rings. The molecule has 19 heavy (non-hydrogen) atoms. The lowest BCUT2D eigenvalue weighted by Gasteiger charge is -2.35. The van der Waals surface area contributed by atoms with Crippen LogP contribution in [0.5, 0.6) is 0 Å². The Kier molecular flexibility index (Phi) is 4.65. The zero-order chi connectivity index (χ0) is 14.0. The first kappa shape index (κ1) is 14.6. The fourth-order valence-electron chi connectivity index (χ4n) is 2.19. The highest BCUT2D eigenvalue weighted by Gasteiger charge is 2.26. The number of halogens is 1.